The zero-order valence-corrected chi connectivity index (χ0v) is 17.7. The summed E-state index contributed by atoms with van der Waals surface area (Å²) in [7, 11) is 3.88. The molecule has 2 heterocycles. The summed E-state index contributed by atoms with van der Waals surface area (Å²) in [6.07, 6.45) is 0.932. The Morgan fingerprint density at radius 3 is 2.67 bits per heavy atom. The lowest BCUT2D eigenvalue weighted by atomic mass is 9.99. The summed E-state index contributed by atoms with van der Waals surface area (Å²) in [5.74, 6) is -0.486. The summed E-state index contributed by atoms with van der Waals surface area (Å²) in [6, 6.07) is 14.0. The molecule has 6 nitrogen and oxygen atoms in total. The van der Waals surface area contributed by atoms with Gasteiger partial charge in [0.2, 0.25) is 0 Å². The quantitative estimate of drug-likeness (QED) is 0.660. The molecular formula is C24H27N3O3. The van der Waals surface area contributed by atoms with Gasteiger partial charge in [-0.15, -0.1) is 0 Å². The van der Waals surface area contributed by atoms with Gasteiger partial charge in [-0.05, 0) is 42.7 Å². The largest absolute Gasteiger partial charge is 0.461 e. The molecule has 0 atom stereocenters. The van der Waals surface area contributed by atoms with E-state index in [2.05, 4.69) is 28.1 Å². The van der Waals surface area contributed by atoms with E-state index in [4.69, 9.17) is 4.74 Å². The molecule has 0 bridgehead atoms. The predicted molar refractivity (Wildman–Crippen MR) is 119 cm³/mol. The number of hydrogen-bond acceptors (Lipinski definition) is 5. The number of benzene rings is 2. The minimum Gasteiger partial charge on any atom is -0.461 e. The van der Waals surface area contributed by atoms with Crippen LogP contribution in [0.25, 0.3) is 10.9 Å². The molecule has 1 aliphatic heterocycles. The van der Waals surface area contributed by atoms with Gasteiger partial charge in [0.25, 0.3) is 0 Å². The Bertz CT molecular complexity index is 1150. The molecule has 1 aliphatic rings. The van der Waals surface area contributed by atoms with E-state index < -0.39 is 5.97 Å². The number of nitrogens with zero attached hydrogens (tertiary/aromatic N) is 2. The second kappa shape index (κ2) is 8.32. The number of H-pyrrole nitrogens is 1. The van der Waals surface area contributed by atoms with Crippen molar-refractivity contribution in [3.63, 3.8) is 0 Å². The number of carbonyl (C=O) groups is 1. The van der Waals surface area contributed by atoms with Gasteiger partial charge >= 0.3 is 5.97 Å². The Hall–Kier alpha value is -3.12. The van der Waals surface area contributed by atoms with E-state index in [0.29, 0.717) is 23.0 Å². The molecule has 4 rings (SSSR count). The molecule has 6 heteroatoms. The maximum atomic E-state index is 13.5. The minimum absolute atomic E-state index is 0.116. The van der Waals surface area contributed by atoms with Crippen LogP contribution in [0.1, 0.15) is 34.1 Å². The minimum atomic E-state index is -0.486. The molecular weight excluding hydrogens is 378 g/mol. The van der Waals surface area contributed by atoms with Crippen LogP contribution in [0.5, 0.6) is 0 Å². The maximum Gasteiger partial charge on any atom is 0.355 e. The molecule has 0 unspecified atom stereocenters. The molecule has 3 aromatic rings. The molecule has 156 valence electrons. The van der Waals surface area contributed by atoms with Crippen LogP contribution in [0, 0.1) is 0 Å². The second-order valence-electron chi connectivity index (χ2n) is 7.88. The van der Waals surface area contributed by atoms with Crippen LogP contribution in [0.2, 0.25) is 0 Å². The summed E-state index contributed by atoms with van der Waals surface area (Å²) >= 11 is 0. The molecule has 1 aromatic heterocycles. The summed E-state index contributed by atoms with van der Waals surface area (Å²) in [4.78, 5) is 33.5. The van der Waals surface area contributed by atoms with Crippen molar-refractivity contribution in [2.75, 3.05) is 32.1 Å². The van der Waals surface area contributed by atoms with Crippen LogP contribution in [0.15, 0.2) is 47.3 Å². The topological polar surface area (TPSA) is 65.6 Å². The molecule has 30 heavy (non-hydrogen) atoms. The fourth-order valence-electron chi connectivity index (χ4n) is 4.03. The second-order valence-corrected chi connectivity index (χ2v) is 7.88. The van der Waals surface area contributed by atoms with Crippen molar-refractivity contribution in [1.29, 1.82) is 0 Å². The lowest BCUT2D eigenvalue weighted by Crippen LogP contribution is -2.33. The number of rotatable bonds is 5. The average Bonchev–Trinajstić information content (AvgIpc) is 2.75. The van der Waals surface area contributed by atoms with Crippen molar-refractivity contribution < 1.29 is 9.53 Å². The number of pyridine rings is 1. The zero-order chi connectivity index (χ0) is 21.3. The highest BCUT2D eigenvalue weighted by Gasteiger charge is 2.23. The standard InChI is InChI=1S/C24H27N3O3/c1-4-30-24(29)22-20(15-27-12-11-16-7-5-6-8-17(16)14-27)23(28)19-13-18(26(2)3)9-10-21(19)25-22/h5-10,13H,4,11-12,14-15H2,1-3H3,(H,25,28). The van der Waals surface area contributed by atoms with Gasteiger partial charge in [0.05, 0.1) is 12.1 Å². The number of aromatic amines is 1. The van der Waals surface area contributed by atoms with Gasteiger partial charge in [0.1, 0.15) is 5.69 Å². The van der Waals surface area contributed by atoms with Gasteiger partial charge in [-0.25, -0.2) is 4.79 Å². The van der Waals surface area contributed by atoms with Gasteiger partial charge in [0, 0.05) is 50.4 Å². The fraction of sp³-hybridized carbons (Fsp3) is 0.333. The highest BCUT2D eigenvalue weighted by molar-refractivity contribution is 5.93. The number of esters is 1. The van der Waals surface area contributed by atoms with E-state index in [1.165, 1.54) is 11.1 Å². The third-order valence-corrected chi connectivity index (χ3v) is 5.67. The number of hydrogen-bond donors (Lipinski definition) is 1. The van der Waals surface area contributed by atoms with Crippen LogP contribution in [0.3, 0.4) is 0 Å². The Morgan fingerprint density at radius 1 is 1.17 bits per heavy atom. The van der Waals surface area contributed by atoms with E-state index in [1.54, 1.807) is 6.92 Å². The van der Waals surface area contributed by atoms with Gasteiger partial charge in [-0.2, -0.15) is 0 Å². The lowest BCUT2D eigenvalue weighted by molar-refractivity contribution is 0.0517. The van der Waals surface area contributed by atoms with Crippen LogP contribution in [0.4, 0.5) is 5.69 Å². The summed E-state index contributed by atoms with van der Waals surface area (Å²) < 4.78 is 5.24. The van der Waals surface area contributed by atoms with Gasteiger partial charge in [0.15, 0.2) is 5.43 Å². The van der Waals surface area contributed by atoms with Crippen molar-refractivity contribution in [2.24, 2.45) is 0 Å². The van der Waals surface area contributed by atoms with Crippen LogP contribution < -0.4 is 10.3 Å². The molecule has 1 N–H and O–H groups in total. The first-order chi connectivity index (χ1) is 14.5. The highest BCUT2D eigenvalue weighted by Crippen LogP contribution is 2.23. The zero-order valence-electron chi connectivity index (χ0n) is 17.7. The van der Waals surface area contributed by atoms with Gasteiger partial charge in [-0.1, -0.05) is 24.3 Å². The number of nitrogens with one attached hydrogen (secondary N) is 1. The first-order valence-electron chi connectivity index (χ1n) is 10.3. The predicted octanol–water partition coefficient (Wildman–Crippen LogP) is 3.33. The molecule has 0 saturated heterocycles. The van der Waals surface area contributed by atoms with E-state index in [1.807, 2.05) is 43.3 Å². The number of fused-ring (bicyclic) bond motifs is 2. The Kier molecular flexibility index (Phi) is 5.59. The van der Waals surface area contributed by atoms with Crippen molar-refractivity contribution in [3.8, 4) is 0 Å². The van der Waals surface area contributed by atoms with E-state index in [9.17, 15) is 9.59 Å². The Morgan fingerprint density at radius 2 is 1.93 bits per heavy atom. The summed E-state index contributed by atoms with van der Waals surface area (Å²) in [6.45, 7) is 4.03. The van der Waals surface area contributed by atoms with Crippen LogP contribution in [-0.2, 0) is 24.2 Å². The first kappa shape index (κ1) is 20.2. The number of aromatic nitrogens is 1. The van der Waals surface area contributed by atoms with Crippen LogP contribution in [-0.4, -0.2) is 43.1 Å². The van der Waals surface area contributed by atoms with E-state index in [0.717, 1.165) is 25.2 Å². The normalized spacial score (nSPS) is 13.8. The third-order valence-electron chi connectivity index (χ3n) is 5.67. The molecule has 0 amide bonds. The summed E-state index contributed by atoms with van der Waals surface area (Å²) in [5.41, 5.74) is 4.81. The first-order valence-corrected chi connectivity index (χ1v) is 10.3. The van der Waals surface area contributed by atoms with Gasteiger partial charge < -0.3 is 14.6 Å². The number of carbonyl (C=O) groups excluding carboxylic acids is 1. The molecule has 0 radical (unpaired) electrons. The van der Waals surface area contributed by atoms with Crippen molar-refractivity contribution in [3.05, 3.63) is 75.1 Å². The van der Waals surface area contributed by atoms with Crippen molar-refractivity contribution >= 4 is 22.6 Å². The number of ether oxygens (including phenoxy) is 1. The van der Waals surface area contributed by atoms with E-state index >= 15 is 0 Å². The van der Waals surface area contributed by atoms with Crippen molar-refractivity contribution in [2.45, 2.75) is 26.4 Å². The monoisotopic (exact) mass is 405 g/mol. The molecule has 0 spiro atoms. The Labute approximate surface area is 176 Å². The average molecular weight is 405 g/mol. The van der Waals surface area contributed by atoms with Gasteiger partial charge in [-0.3, -0.25) is 9.69 Å². The van der Waals surface area contributed by atoms with E-state index in [-0.39, 0.29) is 17.7 Å². The smallest absolute Gasteiger partial charge is 0.355 e. The molecule has 0 saturated carbocycles. The molecule has 0 aliphatic carbocycles. The van der Waals surface area contributed by atoms with Crippen LogP contribution >= 0.6 is 0 Å². The molecule has 2 aromatic carbocycles. The highest BCUT2D eigenvalue weighted by atomic mass is 16.5. The van der Waals surface area contributed by atoms with Crippen molar-refractivity contribution in [1.82, 2.24) is 9.88 Å². The number of anilines is 1. The maximum absolute atomic E-state index is 13.5. The Balaban J connectivity index is 1.77. The third kappa shape index (κ3) is 3.83. The molecule has 0 fully saturated rings. The SMILES string of the molecule is CCOC(=O)c1[nH]c2ccc(N(C)C)cc2c(=O)c1CN1CCc2ccccc2C1. The summed E-state index contributed by atoms with van der Waals surface area (Å²) in [5, 5.41) is 0.585. The fourth-order valence-corrected chi connectivity index (χ4v) is 4.03. The lowest BCUT2D eigenvalue weighted by Gasteiger charge is -2.29.